The van der Waals surface area contributed by atoms with Gasteiger partial charge >= 0.3 is 0 Å². The highest BCUT2D eigenvalue weighted by atomic mass is 35.5. The molecule has 0 aliphatic carbocycles. The third-order valence-electron chi connectivity index (χ3n) is 5.66. The smallest absolute Gasteiger partial charge is 0.235 e. The van der Waals surface area contributed by atoms with Gasteiger partial charge in [-0.1, -0.05) is 30.3 Å². The number of hydrogen-bond donors (Lipinski definition) is 1. The number of ether oxygens (including phenoxy) is 1. The zero-order chi connectivity index (χ0) is 18.4. The van der Waals surface area contributed by atoms with Gasteiger partial charge in [-0.05, 0) is 37.2 Å². The molecule has 0 spiro atoms. The van der Waals surface area contributed by atoms with Gasteiger partial charge in [-0.25, -0.2) is 0 Å². The summed E-state index contributed by atoms with van der Waals surface area (Å²) < 4.78 is 5.64. The van der Waals surface area contributed by atoms with Crippen LogP contribution in [-0.4, -0.2) is 55.4 Å². The third kappa shape index (κ3) is 4.21. The number of hydrogen-bond acceptors (Lipinski definition) is 3. The zero-order valence-corrected chi connectivity index (χ0v) is 15.8. The van der Waals surface area contributed by atoms with Crippen molar-refractivity contribution < 1.29 is 14.3 Å². The minimum Gasteiger partial charge on any atom is -0.380 e. The van der Waals surface area contributed by atoms with Gasteiger partial charge in [0.05, 0.1) is 12.0 Å². The van der Waals surface area contributed by atoms with Crippen molar-refractivity contribution in [2.75, 3.05) is 38.7 Å². The Balaban J connectivity index is 1.56. The molecule has 0 radical (unpaired) electrons. The Morgan fingerprint density at radius 2 is 1.96 bits per heavy atom. The van der Waals surface area contributed by atoms with Crippen LogP contribution in [0.25, 0.3) is 0 Å². The van der Waals surface area contributed by atoms with Gasteiger partial charge in [0.25, 0.3) is 0 Å². The molecule has 0 saturated carbocycles. The minimum atomic E-state index is -0.525. The Labute approximate surface area is 160 Å². The average molecular weight is 379 g/mol. The van der Waals surface area contributed by atoms with Crippen molar-refractivity contribution in [3.05, 3.63) is 35.9 Å². The van der Waals surface area contributed by atoms with Crippen molar-refractivity contribution in [1.82, 2.24) is 10.2 Å². The van der Waals surface area contributed by atoms with Gasteiger partial charge < -0.3 is 15.0 Å². The van der Waals surface area contributed by atoms with E-state index in [-0.39, 0.29) is 17.7 Å². The highest BCUT2D eigenvalue weighted by Gasteiger charge is 2.46. The van der Waals surface area contributed by atoms with Crippen molar-refractivity contribution in [2.45, 2.75) is 31.1 Å². The molecule has 3 rings (SSSR count). The molecule has 142 valence electrons. The summed E-state index contributed by atoms with van der Waals surface area (Å²) in [6.45, 7) is 3.33. The van der Waals surface area contributed by atoms with Crippen LogP contribution in [-0.2, 0) is 19.7 Å². The summed E-state index contributed by atoms with van der Waals surface area (Å²) in [6.07, 6.45) is 3.65. The number of alkyl halides is 1. The lowest BCUT2D eigenvalue weighted by Crippen LogP contribution is -2.50. The van der Waals surface area contributed by atoms with Gasteiger partial charge in [-0.2, -0.15) is 0 Å². The number of likely N-dealkylation sites (tertiary alicyclic amines) is 1. The van der Waals surface area contributed by atoms with E-state index in [2.05, 4.69) is 5.32 Å². The average Bonchev–Trinajstić information content (AvgIpc) is 3.19. The number of carbonyl (C=O) groups excluding carboxylic acids is 2. The second-order valence-electron chi connectivity index (χ2n) is 7.26. The molecule has 2 fully saturated rings. The lowest BCUT2D eigenvalue weighted by Gasteiger charge is -2.38. The van der Waals surface area contributed by atoms with Crippen LogP contribution in [0.1, 0.15) is 31.2 Å². The minimum absolute atomic E-state index is 0.0105. The van der Waals surface area contributed by atoms with E-state index in [0.29, 0.717) is 25.7 Å². The predicted octanol–water partition coefficient (Wildman–Crippen LogP) is 2.33. The molecule has 1 aromatic rings. The largest absolute Gasteiger partial charge is 0.380 e. The van der Waals surface area contributed by atoms with E-state index in [1.54, 1.807) is 0 Å². The Morgan fingerprint density at radius 3 is 2.58 bits per heavy atom. The molecule has 1 unspecified atom stereocenters. The maximum atomic E-state index is 13.3. The molecule has 2 aliphatic heterocycles. The van der Waals surface area contributed by atoms with Gasteiger partial charge in [0, 0.05) is 26.2 Å². The number of carbonyl (C=O) groups is 2. The molecule has 1 atom stereocenters. The van der Waals surface area contributed by atoms with Crippen LogP contribution >= 0.6 is 11.6 Å². The number of amides is 2. The number of nitrogens with one attached hydrogen (secondary N) is 1. The Hall–Kier alpha value is -1.59. The van der Waals surface area contributed by atoms with Crippen molar-refractivity contribution in [3.8, 4) is 0 Å². The molecule has 1 aromatic carbocycles. The maximum absolute atomic E-state index is 13.3. The number of nitrogens with zero attached hydrogens (tertiary/aromatic N) is 1. The van der Waals surface area contributed by atoms with Crippen LogP contribution in [0.2, 0.25) is 0 Å². The second kappa shape index (κ2) is 8.87. The van der Waals surface area contributed by atoms with E-state index in [0.717, 1.165) is 44.3 Å². The number of benzene rings is 1. The van der Waals surface area contributed by atoms with Gasteiger partial charge in [0.2, 0.25) is 11.8 Å². The molecule has 2 heterocycles. The second-order valence-corrected chi connectivity index (χ2v) is 7.53. The van der Waals surface area contributed by atoms with Gasteiger partial charge in [0.1, 0.15) is 5.88 Å². The lowest BCUT2D eigenvalue weighted by molar-refractivity contribution is -0.139. The van der Waals surface area contributed by atoms with Crippen molar-refractivity contribution in [1.29, 1.82) is 0 Å². The first-order valence-electron chi connectivity index (χ1n) is 9.41. The number of halogens is 1. The molecule has 2 saturated heterocycles. The monoisotopic (exact) mass is 378 g/mol. The van der Waals surface area contributed by atoms with E-state index in [1.165, 1.54) is 0 Å². The quantitative estimate of drug-likeness (QED) is 0.773. The van der Waals surface area contributed by atoms with E-state index >= 15 is 0 Å². The van der Waals surface area contributed by atoms with E-state index in [9.17, 15) is 9.59 Å². The van der Waals surface area contributed by atoms with E-state index in [4.69, 9.17) is 16.3 Å². The number of rotatable bonds is 6. The fourth-order valence-corrected chi connectivity index (χ4v) is 4.13. The van der Waals surface area contributed by atoms with Gasteiger partial charge in [-0.3, -0.25) is 9.59 Å². The summed E-state index contributed by atoms with van der Waals surface area (Å²) in [5.74, 6) is 0.638. The fourth-order valence-electron chi connectivity index (χ4n) is 4.03. The summed E-state index contributed by atoms with van der Waals surface area (Å²) in [6, 6.07) is 10.0. The molecular weight excluding hydrogens is 352 g/mol. The van der Waals surface area contributed by atoms with Crippen molar-refractivity contribution in [2.24, 2.45) is 5.92 Å². The SMILES string of the molecule is O=C(CCl)NCCC1CCN(C(=O)C2(c3ccccc3)CCOC2)CC1. The Morgan fingerprint density at radius 1 is 1.23 bits per heavy atom. The van der Waals surface area contributed by atoms with E-state index < -0.39 is 5.41 Å². The normalized spacial score (nSPS) is 23.8. The third-order valence-corrected chi connectivity index (χ3v) is 5.90. The molecule has 26 heavy (non-hydrogen) atoms. The first-order valence-corrected chi connectivity index (χ1v) is 9.94. The molecule has 0 aromatic heterocycles. The fraction of sp³-hybridized carbons (Fsp3) is 0.600. The van der Waals surface area contributed by atoms with Gasteiger partial charge in [0.15, 0.2) is 0 Å². The summed E-state index contributed by atoms with van der Waals surface area (Å²) in [5.41, 5.74) is 0.538. The van der Waals surface area contributed by atoms with Crippen LogP contribution in [0.15, 0.2) is 30.3 Å². The first-order chi connectivity index (χ1) is 12.7. The zero-order valence-electron chi connectivity index (χ0n) is 15.1. The highest BCUT2D eigenvalue weighted by molar-refractivity contribution is 6.27. The summed E-state index contributed by atoms with van der Waals surface area (Å²) in [7, 11) is 0. The lowest BCUT2D eigenvalue weighted by atomic mass is 9.78. The van der Waals surface area contributed by atoms with Crippen LogP contribution in [0.3, 0.4) is 0 Å². The summed E-state index contributed by atoms with van der Waals surface area (Å²) in [5, 5.41) is 2.82. The molecule has 2 amide bonds. The Kier molecular flexibility index (Phi) is 6.54. The van der Waals surface area contributed by atoms with Crippen LogP contribution < -0.4 is 5.32 Å². The molecular formula is C20H27ClN2O3. The molecule has 6 heteroatoms. The van der Waals surface area contributed by atoms with E-state index in [1.807, 2.05) is 35.2 Å². The van der Waals surface area contributed by atoms with Crippen LogP contribution in [0.5, 0.6) is 0 Å². The van der Waals surface area contributed by atoms with Crippen molar-refractivity contribution >= 4 is 23.4 Å². The van der Waals surface area contributed by atoms with Crippen LogP contribution in [0, 0.1) is 5.92 Å². The molecule has 1 N–H and O–H groups in total. The van der Waals surface area contributed by atoms with Crippen molar-refractivity contribution in [3.63, 3.8) is 0 Å². The maximum Gasteiger partial charge on any atom is 0.235 e. The molecule has 2 aliphatic rings. The summed E-state index contributed by atoms with van der Waals surface area (Å²) >= 11 is 5.49. The van der Waals surface area contributed by atoms with Gasteiger partial charge in [-0.15, -0.1) is 11.6 Å². The molecule has 5 nitrogen and oxygen atoms in total. The number of piperidine rings is 1. The molecule has 0 bridgehead atoms. The summed E-state index contributed by atoms with van der Waals surface area (Å²) in [4.78, 5) is 26.6. The topological polar surface area (TPSA) is 58.6 Å². The highest BCUT2D eigenvalue weighted by Crippen LogP contribution is 2.36. The predicted molar refractivity (Wildman–Crippen MR) is 101 cm³/mol. The van der Waals surface area contributed by atoms with Crippen LogP contribution in [0.4, 0.5) is 0 Å². The first kappa shape index (κ1) is 19.2. The standard InChI is InChI=1S/C20H27ClN2O3/c21-14-18(24)22-10-6-16-7-11-23(12-8-16)19(25)20(9-13-26-15-20)17-4-2-1-3-5-17/h1-5,16H,6-15H2,(H,22,24). The Bertz CT molecular complexity index is 609.